The van der Waals surface area contributed by atoms with E-state index in [2.05, 4.69) is 0 Å². The van der Waals surface area contributed by atoms with Gasteiger partial charge in [-0.2, -0.15) is 0 Å². The lowest BCUT2D eigenvalue weighted by Crippen LogP contribution is -2.63. The number of phenolic OH excluding ortho intramolecular Hbond substituents is 19. The number of carbonyl (C=O) groups is 7. The molecule has 8 rings (SSSR count). The normalized spacial score (nSPS) is 16.0. The molecule has 19 N–H and O–H groups in total. The van der Waals surface area contributed by atoms with Crippen LogP contribution in [0.2, 0.25) is 0 Å². The number of ether oxygens (including phenoxy) is 8. The summed E-state index contributed by atoms with van der Waals surface area (Å²) in [6, 6.07) is 7.40. The van der Waals surface area contributed by atoms with Gasteiger partial charge in [0.25, 0.3) is 0 Å². The largest absolute Gasteiger partial charge is 0.504 e. The van der Waals surface area contributed by atoms with E-state index in [-0.39, 0.29) is 0 Å². The molecule has 7 aromatic rings. The Kier molecular flexibility index (Phi) is 16.9. The molecule has 34 nitrogen and oxygen atoms in total. The van der Waals surface area contributed by atoms with Gasteiger partial charge in [0, 0.05) is 0 Å². The quantitative estimate of drug-likeness (QED) is 0.0304. The van der Waals surface area contributed by atoms with Crippen LogP contribution < -0.4 is 9.47 Å². The average Bonchev–Trinajstić information content (AvgIpc) is 2.51. The van der Waals surface area contributed by atoms with Crippen LogP contribution in [0.3, 0.4) is 0 Å². The number of hydrogen-bond donors (Lipinski definition) is 19. The third-order valence-electron chi connectivity index (χ3n) is 12.5. The molecule has 5 unspecified atom stereocenters. The summed E-state index contributed by atoms with van der Waals surface area (Å²) in [4.78, 5) is 97.0. The second-order valence-corrected chi connectivity index (χ2v) is 18.4. The SMILES string of the molecule is O=C(Oc1cc(C(=O)Oc2cc(C(=O)OC3C(OC(=O)c4cc(O)c(O)c(O)c4)OC(COC(=O)c4ccc(O)c(O)c4O)C(OC(=O)c4cc(O)c(O)c(O)c4)C3OC(=O)c3cc(O)c(O)c(O)c3)cc(O)c2O)cc(O)c1O)c1cc(O)c(O)c(O)c1. The minimum Gasteiger partial charge on any atom is -0.504 e. The average molecular weight is 1240 g/mol. The van der Waals surface area contributed by atoms with Gasteiger partial charge >= 0.3 is 41.8 Å². The molecule has 0 spiro atoms. The summed E-state index contributed by atoms with van der Waals surface area (Å²) in [6.07, 6.45) is -13.2. The number of hydrogen-bond acceptors (Lipinski definition) is 34. The van der Waals surface area contributed by atoms with Crippen LogP contribution in [0.5, 0.6) is 121 Å². The first-order valence-electron chi connectivity index (χ1n) is 24.3. The van der Waals surface area contributed by atoms with E-state index in [9.17, 15) is 131 Å². The van der Waals surface area contributed by atoms with Crippen LogP contribution in [0, 0.1) is 0 Å². The fourth-order valence-corrected chi connectivity index (χ4v) is 8.01. The maximum Gasteiger partial charge on any atom is 0.343 e. The summed E-state index contributed by atoms with van der Waals surface area (Å²) in [7, 11) is 0. The monoisotopic (exact) mass is 1240 g/mol. The van der Waals surface area contributed by atoms with Crippen LogP contribution in [-0.4, -0.2) is 176 Å². The Morgan fingerprint density at radius 2 is 0.607 bits per heavy atom. The molecule has 464 valence electrons. The molecule has 0 aromatic heterocycles. The maximum absolute atomic E-state index is 14.6. The van der Waals surface area contributed by atoms with Crippen molar-refractivity contribution in [3.63, 3.8) is 0 Å². The van der Waals surface area contributed by atoms with Gasteiger partial charge in [-0.05, 0) is 84.9 Å². The van der Waals surface area contributed by atoms with Crippen molar-refractivity contribution in [1.82, 2.24) is 0 Å². The molecule has 1 fully saturated rings. The number of benzene rings is 7. The van der Waals surface area contributed by atoms with Crippen LogP contribution >= 0.6 is 0 Å². The van der Waals surface area contributed by atoms with Gasteiger partial charge in [0.2, 0.25) is 29.6 Å². The van der Waals surface area contributed by atoms with Gasteiger partial charge in [0.05, 0.1) is 33.4 Å². The van der Waals surface area contributed by atoms with Crippen molar-refractivity contribution in [2.45, 2.75) is 30.7 Å². The van der Waals surface area contributed by atoms with E-state index >= 15 is 0 Å². The number of esters is 7. The fraction of sp³-hybridized carbons (Fsp3) is 0.109. The minimum atomic E-state index is -2.77. The van der Waals surface area contributed by atoms with Gasteiger partial charge in [-0.25, -0.2) is 33.6 Å². The Morgan fingerprint density at radius 1 is 0.303 bits per heavy atom. The summed E-state index contributed by atoms with van der Waals surface area (Å²) in [6.45, 7) is -1.40. The molecule has 1 heterocycles. The molecule has 7 aromatic carbocycles. The topological polar surface area (TPSA) is 578 Å². The molecule has 0 aliphatic carbocycles. The predicted molar refractivity (Wildman–Crippen MR) is 279 cm³/mol. The van der Waals surface area contributed by atoms with E-state index in [0.29, 0.717) is 78.9 Å². The summed E-state index contributed by atoms with van der Waals surface area (Å²) in [5.74, 6) is -36.5. The van der Waals surface area contributed by atoms with Gasteiger partial charge in [-0.1, -0.05) is 0 Å². The van der Waals surface area contributed by atoms with Crippen LogP contribution in [-0.2, 0) is 28.4 Å². The number of carbonyl (C=O) groups excluding carboxylic acids is 7. The van der Waals surface area contributed by atoms with Gasteiger partial charge in [-0.3, -0.25) is 0 Å². The zero-order valence-corrected chi connectivity index (χ0v) is 43.8. The van der Waals surface area contributed by atoms with E-state index in [4.69, 9.17) is 37.9 Å². The van der Waals surface area contributed by atoms with Crippen molar-refractivity contribution < 1.29 is 168 Å². The zero-order valence-electron chi connectivity index (χ0n) is 43.8. The van der Waals surface area contributed by atoms with Crippen molar-refractivity contribution in [3.8, 4) is 121 Å². The summed E-state index contributed by atoms with van der Waals surface area (Å²) in [5.41, 5.74) is -6.18. The molecule has 1 aliphatic heterocycles. The number of rotatable bonds is 15. The predicted octanol–water partition coefficient (Wildman–Crippen LogP) is 2.95. The van der Waals surface area contributed by atoms with E-state index in [1.807, 2.05) is 0 Å². The number of aromatic hydroxyl groups is 19. The molecule has 0 bridgehead atoms. The standard InChI is InChI=1S/C55H40O34/c56-23-2-1-22(37(67)44(23)74)54(81)82-15-36-45(86-50(77)17-5-26(59)39(69)27(60)6-17)46(87-51(78)18-7-28(61)40(70)29(62)8-18)47(55(85-36)89-53(80)19-9-30(63)41(71)31(64)10-19)88-52(79)21-12-33(66)43(73)35(14-21)84-49(76)20-11-32(65)42(72)34(13-20)83-48(75)16-3-24(57)38(68)25(58)4-16/h1-14,36,45-47,55-74H,15H2. The van der Waals surface area contributed by atoms with Gasteiger partial charge in [0.1, 0.15) is 18.3 Å². The van der Waals surface area contributed by atoms with Crippen molar-refractivity contribution >= 4 is 41.8 Å². The molecular weight excluding hydrogens is 1200 g/mol. The van der Waals surface area contributed by atoms with Crippen LogP contribution in [0.4, 0.5) is 0 Å². The van der Waals surface area contributed by atoms with E-state index in [1.165, 1.54) is 0 Å². The van der Waals surface area contributed by atoms with Gasteiger partial charge < -0.3 is 135 Å². The van der Waals surface area contributed by atoms with Crippen LogP contribution in [0.15, 0.2) is 84.9 Å². The number of phenols is 19. The maximum atomic E-state index is 14.6. The summed E-state index contributed by atoms with van der Waals surface area (Å²) >= 11 is 0. The van der Waals surface area contributed by atoms with E-state index in [0.717, 1.165) is 6.07 Å². The summed E-state index contributed by atoms with van der Waals surface area (Å²) in [5, 5.41) is 195. The molecule has 0 radical (unpaired) electrons. The van der Waals surface area contributed by atoms with Crippen molar-refractivity contribution in [1.29, 1.82) is 0 Å². The first-order valence-corrected chi connectivity index (χ1v) is 24.3. The Labute approximate surface area is 491 Å². The molecule has 0 saturated carbocycles. The third kappa shape index (κ3) is 12.8. The molecule has 1 aliphatic rings. The van der Waals surface area contributed by atoms with E-state index < -0.39 is 239 Å². The van der Waals surface area contributed by atoms with Crippen LogP contribution in [0.1, 0.15) is 72.5 Å². The Bertz CT molecular complexity index is 4000. The molecule has 89 heavy (non-hydrogen) atoms. The van der Waals surface area contributed by atoms with Gasteiger partial charge in [-0.15, -0.1) is 0 Å². The fourth-order valence-electron chi connectivity index (χ4n) is 8.01. The zero-order chi connectivity index (χ0) is 65.4. The van der Waals surface area contributed by atoms with Crippen molar-refractivity contribution in [3.05, 3.63) is 124 Å². The Balaban J connectivity index is 1.23. The Hall–Kier alpha value is -13.0. The van der Waals surface area contributed by atoms with E-state index in [1.54, 1.807) is 0 Å². The second-order valence-electron chi connectivity index (χ2n) is 18.4. The first kappa shape index (κ1) is 62.0. The molecule has 5 atom stereocenters. The molecule has 34 heteroatoms. The van der Waals surface area contributed by atoms with Gasteiger partial charge in [0.15, 0.2) is 116 Å². The highest BCUT2D eigenvalue weighted by Crippen LogP contribution is 2.45. The lowest BCUT2D eigenvalue weighted by molar-refractivity contribution is -0.282. The smallest absolute Gasteiger partial charge is 0.343 e. The highest BCUT2D eigenvalue weighted by atomic mass is 16.7. The third-order valence-corrected chi connectivity index (χ3v) is 12.5. The van der Waals surface area contributed by atoms with Crippen molar-refractivity contribution in [2.24, 2.45) is 0 Å². The van der Waals surface area contributed by atoms with Crippen LogP contribution in [0.25, 0.3) is 0 Å². The molecule has 0 amide bonds. The second kappa shape index (κ2) is 24.3. The van der Waals surface area contributed by atoms with Crippen molar-refractivity contribution in [2.75, 3.05) is 6.61 Å². The lowest BCUT2D eigenvalue weighted by Gasteiger charge is -2.43. The molecular formula is C55H40O34. The minimum absolute atomic E-state index is 0.396. The Morgan fingerprint density at radius 3 is 0.989 bits per heavy atom. The molecule has 1 saturated heterocycles. The first-order chi connectivity index (χ1) is 41.8. The summed E-state index contributed by atoms with van der Waals surface area (Å²) < 4.78 is 43.8. The lowest BCUT2D eigenvalue weighted by atomic mass is 9.97. The highest BCUT2D eigenvalue weighted by Gasteiger charge is 2.55. The highest BCUT2D eigenvalue weighted by molar-refractivity contribution is 5.98.